The molecule has 1 aliphatic heterocycles. The summed E-state index contributed by atoms with van der Waals surface area (Å²) >= 11 is 5.96. The maximum Gasteiger partial charge on any atom is 0.231 e. The van der Waals surface area contributed by atoms with E-state index in [9.17, 15) is 4.79 Å². The molecule has 6 heteroatoms. The van der Waals surface area contributed by atoms with Crippen molar-refractivity contribution in [3.63, 3.8) is 0 Å². The summed E-state index contributed by atoms with van der Waals surface area (Å²) in [6, 6.07) is 21.4. The zero-order valence-corrected chi connectivity index (χ0v) is 17.8. The maximum absolute atomic E-state index is 13.2. The lowest BCUT2D eigenvalue weighted by Gasteiger charge is -2.35. The fourth-order valence-corrected chi connectivity index (χ4v) is 4.08. The number of anilines is 2. The summed E-state index contributed by atoms with van der Waals surface area (Å²) in [5, 5.41) is 9.53. The van der Waals surface area contributed by atoms with Gasteiger partial charge in [-0.3, -0.25) is 4.79 Å². The van der Waals surface area contributed by atoms with Crippen molar-refractivity contribution in [3.8, 4) is 11.3 Å². The number of hydrogen-bond donors (Lipinski definition) is 0. The van der Waals surface area contributed by atoms with Gasteiger partial charge in [0, 0.05) is 35.9 Å². The predicted molar refractivity (Wildman–Crippen MR) is 122 cm³/mol. The molecule has 0 bridgehead atoms. The summed E-state index contributed by atoms with van der Waals surface area (Å²) < 4.78 is 0. The minimum atomic E-state index is -0.0448. The molecule has 0 aliphatic carbocycles. The number of carbonyl (C=O) groups is 1. The number of hydrogen-bond acceptors (Lipinski definition) is 4. The Morgan fingerprint density at radius 3 is 2.50 bits per heavy atom. The summed E-state index contributed by atoms with van der Waals surface area (Å²) in [4.78, 5) is 17.3. The van der Waals surface area contributed by atoms with Crippen LogP contribution in [0.5, 0.6) is 0 Å². The van der Waals surface area contributed by atoms with Crippen molar-refractivity contribution in [2.24, 2.45) is 5.92 Å². The van der Waals surface area contributed by atoms with Gasteiger partial charge >= 0.3 is 0 Å². The lowest BCUT2D eigenvalue weighted by Crippen LogP contribution is -2.45. The average molecular weight is 421 g/mol. The first-order valence-corrected chi connectivity index (χ1v) is 10.7. The molecule has 1 unspecified atom stereocenters. The van der Waals surface area contributed by atoms with Gasteiger partial charge in [0.15, 0.2) is 5.82 Å². The first kappa shape index (κ1) is 20.4. The zero-order chi connectivity index (χ0) is 20.9. The summed E-state index contributed by atoms with van der Waals surface area (Å²) in [6.07, 6.45) is 1.86. The highest BCUT2D eigenvalue weighted by Crippen LogP contribution is 2.26. The molecule has 1 atom stereocenters. The maximum atomic E-state index is 13.2. The van der Waals surface area contributed by atoms with Crippen molar-refractivity contribution in [2.45, 2.75) is 19.8 Å². The third-order valence-corrected chi connectivity index (χ3v) is 5.79. The topological polar surface area (TPSA) is 49.3 Å². The van der Waals surface area contributed by atoms with Gasteiger partial charge in [0.2, 0.25) is 5.91 Å². The quantitative estimate of drug-likeness (QED) is 0.578. The molecule has 2 aromatic carbocycles. The van der Waals surface area contributed by atoms with Gasteiger partial charge < -0.3 is 9.80 Å². The minimum absolute atomic E-state index is 0.0448. The van der Waals surface area contributed by atoms with Crippen LogP contribution in [0.1, 0.15) is 19.8 Å². The molecule has 1 aromatic heterocycles. The van der Waals surface area contributed by atoms with Crippen LogP contribution >= 0.6 is 11.6 Å². The smallest absolute Gasteiger partial charge is 0.231 e. The molecule has 4 rings (SSSR count). The minimum Gasteiger partial charge on any atom is -0.354 e. The monoisotopic (exact) mass is 420 g/mol. The molecule has 0 radical (unpaired) electrons. The Kier molecular flexibility index (Phi) is 6.29. The van der Waals surface area contributed by atoms with Crippen molar-refractivity contribution in [1.29, 1.82) is 0 Å². The number of halogens is 1. The molecule has 0 saturated carbocycles. The third kappa shape index (κ3) is 4.46. The molecule has 1 saturated heterocycles. The highest BCUT2D eigenvalue weighted by atomic mass is 35.5. The number of rotatable bonds is 5. The Balaban J connectivity index is 1.47. The van der Waals surface area contributed by atoms with Gasteiger partial charge in [0.1, 0.15) is 0 Å². The molecule has 154 valence electrons. The molecular weight excluding hydrogens is 396 g/mol. The molecule has 1 aliphatic rings. The van der Waals surface area contributed by atoms with E-state index in [0.29, 0.717) is 18.1 Å². The fourth-order valence-electron chi connectivity index (χ4n) is 3.95. The number of benzene rings is 2. The summed E-state index contributed by atoms with van der Waals surface area (Å²) in [7, 11) is 0. The van der Waals surface area contributed by atoms with Crippen LogP contribution in [0.3, 0.4) is 0 Å². The zero-order valence-electron chi connectivity index (χ0n) is 17.0. The van der Waals surface area contributed by atoms with Gasteiger partial charge in [0.25, 0.3) is 0 Å². The van der Waals surface area contributed by atoms with Crippen LogP contribution in [-0.4, -0.2) is 35.7 Å². The first-order valence-electron chi connectivity index (χ1n) is 10.4. The van der Waals surface area contributed by atoms with Gasteiger partial charge in [-0.2, -0.15) is 0 Å². The van der Waals surface area contributed by atoms with Gasteiger partial charge in [-0.25, -0.2) is 0 Å². The van der Waals surface area contributed by atoms with Crippen LogP contribution in [0.2, 0.25) is 5.02 Å². The van der Waals surface area contributed by atoms with E-state index in [-0.39, 0.29) is 11.8 Å². The molecule has 1 fully saturated rings. The van der Waals surface area contributed by atoms with Crippen LogP contribution in [0.4, 0.5) is 11.5 Å². The van der Waals surface area contributed by atoms with E-state index < -0.39 is 0 Å². The molecule has 0 spiro atoms. The largest absolute Gasteiger partial charge is 0.354 e. The number of nitrogens with zero attached hydrogens (tertiary/aromatic N) is 4. The SMILES string of the molecule is CCN(C(=O)C1CCCN(c2ccc(-c3ccc(Cl)cc3)nn2)C1)c1ccccc1. The van der Waals surface area contributed by atoms with Crippen molar-refractivity contribution in [3.05, 3.63) is 71.8 Å². The molecule has 3 aromatic rings. The Morgan fingerprint density at radius 2 is 1.83 bits per heavy atom. The fraction of sp³-hybridized carbons (Fsp3) is 0.292. The van der Waals surface area contributed by atoms with E-state index >= 15 is 0 Å². The van der Waals surface area contributed by atoms with E-state index in [4.69, 9.17) is 11.6 Å². The van der Waals surface area contributed by atoms with Crippen LogP contribution in [0.15, 0.2) is 66.7 Å². The molecular formula is C24H25ClN4O. The van der Waals surface area contributed by atoms with Crippen molar-refractivity contribution in [1.82, 2.24) is 10.2 Å². The highest BCUT2D eigenvalue weighted by molar-refractivity contribution is 6.30. The summed E-state index contributed by atoms with van der Waals surface area (Å²) in [5.41, 5.74) is 2.74. The lowest BCUT2D eigenvalue weighted by atomic mass is 9.96. The van der Waals surface area contributed by atoms with E-state index in [1.54, 1.807) is 0 Å². The second-order valence-electron chi connectivity index (χ2n) is 7.49. The number of para-hydroxylation sites is 1. The second-order valence-corrected chi connectivity index (χ2v) is 7.92. The standard InChI is InChI=1S/C24H25ClN4O/c1-2-29(21-8-4-3-5-9-21)24(30)19-7-6-16-28(17-19)23-15-14-22(26-27-23)18-10-12-20(25)13-11-18/h3-5,8-15,19H,2,6-7,16-17H2,1H3. The van der Waals surface area contributed by atoms with Crippen LogP contribution in [-0.2, 0) is 4.79 Å². The molecule has 5 nitrogen and oxygen atoms in total. The van der Waals surface area contributed by atoms with E-state index in [1.165, 1.54) is 0 Å². The highest BCUT2D eigenvalue weighted by Gasteiger charge is 2.30. The summed E-state index contributed by atoms with van der Waals surface area (Å²) in [6.45, 7) is 4.23. The van der Waals surface area contributed by atoms with E-state index in [1.807, 2.05) is 78.6 Å². The summed E-state index contributed by atoms with van der Waals surface area (Å²) in [5.74, 6) is 0.948. The second kappa shape index (κ2) is 9.26. The number of piperidine rings is 1. The number of carbonyl (C=O) groups excluding carboxylic acids is 1. The first-order chi connectivity index (χ1) is 14.7. The van der Waals surface area contributed by atoms with E-state index in [0.717, 1.165) is 42.1 Å². The lowest BCUT2D eigenvalue weighted by molar-refractivity contribution is -0.122. The molecule has 30 heavy (non-hydrogen) atoms. The predicted octanol–water partition coefficient (Wildman–Crippen LogP) is 5.07. The Hall–Kier alpha value is -2.92. The van der Waals surface area contributed by atoms with Crippen LogP contribution in [0.25, 0.3) is 11.3 Å². The molecule has 1 amide bonds. The van der Waals surface area contributed by atoms with Crippen molar-refractivity contribution in [2.75, 3.05) is 29.4 Å². The number of amides is 1. The van der Waals surface area contributed by atoms with Gasteiger partial charge in [-0.05, 0) is 56.2 Å². The third-order valence-electron chi connectivity index (χ3n) is 5.54. The average Bonchev–Trinajstić information content (AvgIpc) is 2.81. The van der Waals surface area contributed by atoms with Crippen molar-refractivity contribution >= 4 is 29.0 Å². The van der Waals surface area contributed by atoms with Crippen LogP contribution < -0.4 is 9.80 Å². The number of aromatic nitrogens is 2. The van der Waals surface area contributed by atoms with Crippen molar-refractivity contribution < 1.29 is 4.79 Å². The molecule has 2 heterocycles. The Morgan fingerprint density at radius 1 is 1.07 bits per heavy atom. The van der Waals surface area contributed by atoms with Gasteiger partial charge in [0.05, 0.1) is 11.6 Å². The van der Waals surface area contributed by atoms with Crippen LogP contribution in [0, 0.1) is 5.92 Å². The molecule has 0 N–H and O–H groups in total. The van der Waals surface area contributed by atoms with Gasteiger partial charge in [-0.15, -0.1) is 10.2 Å². The Labute approximate surface area is 182 Å². The normalized spacial score (nSPS) is 16.3. The van der Waals surface area contributed by atoms with E-state index in [2.05, 4.69) is 15.1 Å². The van der Waals surface area contributed by atoms with Gasteiger partial charge in [-0.1, -0.05) is 41.9 Å². The Bertz CT molecular complexity index is 976.